The maximum Gasteiger partial charge on any atom is 0.306 e. The van der Waals surface area contributed by atoms with Crippen LogP contribution in [0.5, 0.6) is 0 Å². The number of unbranched alkanes of at least 4 members (excludes halogenated alkanes) is 30. The van der Waals surface area contributed by atoms with Crippen molar-refractivity contribution in [3.63, 3.8) is 0 Å². The number of aliphatic hydroxyl groups is 2. The highest BCUT2D eigenvalue weighted by molar-refractivity contribution is 5.77. The van der Waals surface area contributed by atoms with Gasteiger partial charge in [-0.15, -0.1) is 0 Å². The van der Waals surface area contributed by atoms with Gasteiger partial charge < -0.3 is 20.3 Å². The minimum Gasteiger partial charge on any atom is -0.462 e. The lowest BCUT2D eigenvalue weighted by atomic mass is 10.0. The molecule has 326 valence electrons. The van der Waals surface area contributed by atoms with Crippen molar-refractivity contribution in [1.29, 1.82) is 0 Å². The van der Waals surface area contributed by atoms with Gasteiger partial charge in [-0.2, -0.15) is 0 Å². The summed E-state index contributed by atoms with van der Waals surface area (Å²) in [6, 6.07) is -0.698. The molecule has 55 heavy (non-hydrogen) atoms. The number of carbonyl (C=O) groups excluding carboxylic acids is 2. The van der Waals surface area contributed by atoms with Crippen LogP contribution in [0, 0.1) is 0 Å². The second kappa shape index (κ2) is 43.7. The molecule has 0 bridgehead atoms. The summed E-state index contributed by atoms with van der Waals surface area (Å²) < 4.78 is 5.90. The lowest BCUT2D eigenvalue weighted by Crippen LogP contribution is -2.46. The van der Waals surface area contributed by atoms with E-state index in [1.807, 2.05) is 0 Å². The minimum atomic E-state index is -0.784. The molecular formula is C49H95NO5. The lowest BCUT2D eigenvalue weighted by Gasteiger charge is -2.24. The Labute approximate surface area is 342 Å². The maximum absolute atomic E-state index is 13.1. The number of esters is 1. The average Bonchev–Trinajstić information content (AvgIpc) is 3.18. The van der Waals surface area contributed by atoms with Crippen LogP contribution < -0.4 is 5.32 Å². The van der Waals surface area contributed by atoms with Crippen molar-refractivity contribution in [3.05, 3.63) is 12.2 Å². The molecule has 0 aromatic heterocycles. The first kappa shape index (κ1) is 53.6. The van der Waals surface area contributed by atoms with Gasteiger partial charge in [0.1, 0.15) is 6.10 Å². The van der Waals surface area contributed by atoms with Crippen molar-refractivity contribution in [1.82, 2.24) is 5.32 Å². The van der Waals surface area contributed by atoms with E-state index in [2.05, 4.69) is 38.2 Å². The lowest BCUT2D eigenvalue weighted by molar-refractivity contribution is -0.151. The molecule has 6 nitrogen and oxygen atoms in total. The summed E-state index contributed by atoms with van der Waals surface area (Å²) in [4.78, 5) is 26.0. The number of allylic oxidation sites excluding steroid dienone is 2. The molecule has 0 aliphatic heterocycles. The van der Waals surface area contributed by atoms with Crippen LogP contribution in [0.15, 0.2) is 12.2 Å². The van der Waals surface area contributed by atoms with E-state index in [0.717, 1.165) is 64.2 Å². The second-order valence-electron chi connectivity index (χ2n) is 16.9. The standard InChI is InChI=1S/C49H95NO5/c1-4-7-10-13-16-19-22-24-25-26-29-32-35-38-41-47(52)46(44-51)50-48(53)43-45(40-37-34-31-28-21-18-15-12-9-6-3)55-49(54)42-39-36-33-30-27-23-20-17-14-11-8-5-2/h18,21,45-47,51-52H,4-17,19-20,22-44H2,1-3H3,(H,50,53)/b21-18-. The number of hydrogen-bond acceptors (Lipinski definition) is 5. The Morgan fingerprint density at radius 1 is 0.509 bits per heavy atom. The molecule has 0 aromatic carbocycles. The smallest absolute Gasteiger partial charge is 0.306 e. The number of ether oxygens (including phenoxy) is 1. The largest absolute Gasteiger partial charge is 0.462 e. The van der Waals surface area contributed by atoms with Gasteiger partial charge in [0.25, 0.3) is 0 Å². The Balaban J connectivity index is 4.49. The second-order valence-corrected chi connectivity index (χ2v) is 16.9. The number of nitrogens with one attached hydrogen (secondary N) is 1. The van der Waals surface area contributed by atoms with Crippen LogP contribution in [-0.2, 0) is 14.3 Å². The van der Waals surface area contributed by atoms with E-state index < -0.39 is 18.2 Å². The maximum atomic E-state index is 13.1. The van der Waals surface area contributed by atoms with E-state index in [-0.39, 0.29) is 24.9 Å². The number of hydrogen-bond donors (Lipinski definition) is 3. The summed E-state index contributed by atoms with van der Waals surface area (Å²) in [6.45, 7) is 6.46. The van der Waals surface area contributed by atoms with Gasteiger partial charge in [0, 0.05) is 6.42 Å². The van der Waals surface area contributed by atoms with E-state index in [1.54, 1.807) is 0 Å². The molecule has 0 saturated carbocycles. The molecular weight excluding hydrogens is 683 g/mol. The van der Waals surface area contributed by atoms with Crippen molar-refractivity contribution in [3.8, 4) is 0 Å². The molecule has 0 heterocycles. The summed E-state index contributed by atoms with van der Waals surface area (Å²) in [5.41, 5.74) is 0. The third-order valence-electron chi connectivity index (χ3n) is 11.3. The summed E-state index contributed by atoms with van der Waals surface area (Å²) in [5, 5.41) is 23.7. The van der Waals surface area contributed by atoms with E-state index in [0.29, 0.717) is 19.3 Å². The third-order valence-corrected chi connectivity index (χ3v) is 11.3. The fourth-order valence-electron chi connectivity index (χ4n) is 7.60. The molecule has 3 unspecified atom stereocenters. The van der Waals surface area contributed by atoms with Gasteiger partial charge in [-0.3, -0.25) is 9.59 Å². The van der Waals surface area contributed by atoms with Crippen LogP contribution >= 0.6 is 0 Å². The van der Waals surface area contributed by atoms with Crippen LogP contribution in [0.1, 0.15) is 265 Å². The van der Waals surface area contributed by atoms with Gasteiger partial charge in [-0.1, -0.05) is 213 Å². The zero-order chi connectivity index (χ0) is 40.3. The summed E-state index contributed by atoms with van der Waals surface area (Å²) in [5.74, 6) is -0.478. The zero-order valence-corrected chi connectivity index (χ0v) is 37.1. The van der Waals surface area contributed by atoms with Crippen molar-refractivity contribution in [2.75, 3.05) is 6.61 Å². The van der Waals surface area contributed by atoms with Crippen molar-refractivity contribution in [2.45, 2.75) is 283 Å². The SMILES string of the molecule is CCCCC/C=C\CCCCCC(CC(=O)NC(CO)C(O)CCCCCCCCCCCCCCCC)OC(=O)CCCCCCCCCCCCCC. The average molecular weight is 778 g/mol. The number of rotatable bonds is 44. The third kappa shape index (κ3) is 39.2. The molecule has 0 aliphatic carbocycles. The van der Waals surface area contributed by atoms with Gasteiger partial charge in [0.2, 0.25) is 5.91 Å². The fourth-order valence-corrected chi connectivity index (χ4v) is 7.60. The highest BCUT2D eigenvalue weighted by Gasteiger charge is 2.24. The molecule has 0 spiro atoms. The number of aliphatic hydroxyl groups excluding tert-OH is 2. The highest BCUT2D eigenvalue weighted by atomic mass is 16.5. The normalized spacial score (nSPS) is 13.3. The quantitative estimate of drug-likeness (QED) is 0.0325. The van der Waals surface area contributed by atoms with Crippen LogP contribution in [-0.4, -0.2) is 46.9 Å². The number of carbonyl (C=O) groups is 2. The van der Waals surface area contributed by atoms with Crippen LogP contribution in [0.3, 0.4) is 0 Å². The van der Waals surface area contributed by atoms with E-state index in [4.69, 9.17) is 4.74 Å². The molecule has 0 saturated heterocycles. The molecule has 1 amide bonds. The Hall–Kier alpha value is -1.40. The molecule has 0 aromatic rings. The van der Waals surface area contributed by atoms with Gasteiger partial charge in [0.15, 0.2) is 0 Å². The molecule has 0 radical (unpaired) electrons. The van der Waals surface area contributed by atoms with Gasteiger partial charge in [-0.25, -0.2) is 0 Å². The molecule has 0 rings (SSSR count). The Morgan fingerprint density at radius 2 is 0.873 bits per heavy atom. The summed E-state index contributed by atoms with van der Waals surface area (Å²) >= 11 is 0. The Bertz CT molecular complexity index is 832. The predicted molar refractivity (Wildman–Crippen MR) is 237 cm³/mol. The first-order chi connectivity index (χ1) is 27.0. The molecule has 3 atom stereocenters. The molecule has 3 N–H and O–H groups in total. The van der Waals surface area contributed by atoms with E-state index in [1.165, 1.54) is 154 Å². The summed E-state index contributed by atoms with van der Waals surface area (Å²) in [6.07, 6.45) is 47.0. The van der Waals surface area contributed by atoms with Gasteiger partial charge >= 0.3 is 5.97 Å². The first-order valence-electron chi connectivity index (χ1n) is 24.4. The van der Waals surface area contributed by atoms with Crippen molar-refractivity contribution in [2.24, 2.45) is 0 Å². The molecule has 0 fully saturated rings. The zero-order valence-electron chi connectivity index (χ0n) is 37.1. The number of amides is 1. The molecule has 6 heteroatoms. The Morgan fingerprint density at radius 3 is 1.33 bits per heavy atom. The monoisotopic (exact) mass is 778 g/mol. The minimum absolute atomic E-state index is 0.0730. The summed E-state index contributed by atoms with van der Waals surface area (Å²) in [7, 11) is 0. The molecule has 0 aliphatic rings. The first-order valence-corrected chi connectivity index (χ1v) is 24.4. The topological polar surface area (TPSA) is 95.9 Å². The predicted octanol–water partition coefficient (Wildman–Crippen LogP) is 14.2. The van der Waals surface area contributed by atoms with E-state index >= 15 is 0 Å². The van der Waals surface area contributed by atoms with Crippen LogP contribution in [0.25, 0.3) is 0 Å². The van der Waals surface area contributed by atoms with Crippen LogP contribution in [0.4, 0.5) is 0 Å². The van der Waals surface area contributed by atoms with Crippen LogP contribution in [0.2, 0.25) is 0 Å². The van der Waals surface area contributed by atoms with Crippen molar-refractivity contribution >= 4 is 11.9 Å². The van der Waals surface area contributed by atoms with Gasteiger partial charge in [-0.05, 0) is 51.4 Å². The van der Waals surface area contributed by atoms with Crippen molar-refractivity contribution < 1.29 is 24.5 Å². The highest BCUT2D eigenvalue weighted by Crippen LogP contribution is 2.18. The fraction of sp³-hybridized carbons (Fsp3) is 0.918. The Kier molecular flexibility index (Phi) is 42.6. The van der Waals surface area contributed by atoms with E-state index in [9.17, 15) is 19.8 Å². The van der Waals surface area contributed by atoms with Gasteiger partial charge in [0.05, 0.1) is 25.2 Å².